The van der Waals surface area contributed by atoms with E-state index in [1.54, 1.807) is 6.08 Å². The molecule has 1 aromatic rings. The van der Waals surface area contributed by atoms with E-state index in [2.05, 4.69) is 32.7 Å². The van der Waals surface area contributed by atoms with Crippen LogP contribution < -0.4 is 5.32 Å². The van der Waals surface area contributed by atoms with Crippen molar-refractivity contribution in [2.75, 3.05) is 26.2 Å². The lowest BCUT2D eigenvalue weighted by atomic mass is 10.00. The summed E-state index contributed by atoms with van der Waals surface area (Å²) in [5, 5.41) is 3.24. The second-order valence-corrected chi connectivity index (χ2v) is 5.44. The normalized spacial score (nSPS) is 17.4. The monoisotopic (exact) mass is 366 g/mol. The summed E-state index contributed by atoms with van der Waals surface area (Å²) < 4.78 is 28.5. The maximum atomic E-state index is 14.2. The van der Waals surface area contributed by atoms with Crippen molar-refractivity contribution >= 4 is 28.3 Å². The molecule has 6 heteroatoms. The molecule has 2 rings (SSSR count). The Hall–Kier alpha value is -0.490. The number of hydrogen-bond donors (Lipinski definition) is 1. The first-order valence-electron chi connectivity index (χ1n) is 6.34. The van der Waals surface area contributed by atoms with Gasteiger partial charge in [0, 0.05) is 37.8 Å². The number of hydrogen-bond acceptors (Lipinski definition) is 2. The minimum absolute atomic E-state index is 0. The fourth-order valence-electron chi connectivity index (χ4n) is 2.45. The van der Waals surface area contributed by atoms with Gasteiger partial charge in [0.25, 0.3) is 0 Å². The molecular formula is C14H18BrClF2N2. The van der Waals surface area contributed by atoms with Crippen molar-refractivity contribution in [3.63, 3.8) is 0 Å². The smallest absolute Gasteiger partial charge is 0.145 e. The number of rotatable bonds is 4. The molecule has 1 fully saturated rings. The SMILES string of the molecule is C=CC[C@H](c1c(F)ccc(Br)c1F)N1CCNCC1.Cl. The Labute approximate surface area is 132 Å². The molecule has 1 atom stereocenters. The van der Waals surface area contributed by atoms with Crippen LogP contribution in [-0.4, -0.2) is 31.1 Å². The molecule has 0 aliphatic carbocycles. The molecule has 0 radical (unpaired) electrons. The summed E-state index contributed by atoms with van der Waals surface area (Å²) in [6.07, 6.45) is 2.25. The van der Waals surface area contributed by atoms with E-state index in [0.717, 1.165) is 26.2 Å². The van der Waals surface area contributed by atoms with Gasteiger partial charge in [-0.25, -0.2) is 8.78 Å². The summed E-state index contributed by atoms with van der Waals surface area (Å²) >= 11 is 3.13. The lowest BCUT2D eigenvalue weighted by molar-refractivity contribution is 0.167. The van der Waals surface area contributed by atoms with Crippen LogP contribution in [0.2, 0.25) is 0 Å². The lowest BCUT2D eigenvalue weighted by Crippen LogP contribution is -2.45. The number of nitrogens with zero attached hydrogens (tertiary/aromatic N) is 1. The third-order valence-electron chi connectivity index (χ3n) is 3.39. The zero-order valence-corrected chi connectivity index (χ0v) is 13.4. The molecule has 0 aromatic heterocycles. The van der Waals surface area contributed by atoms with Gasteiger partial charge in [0.15, 0.2) is 0 Å². The predicted molar refractivity (Wildman–Crippen MR) is 83.3 cm³/mol. The summed E-state index contributed by atoms with van der Waals surface area (Å²) in [6.45, 7) is 6.94. The molecule has 1 aliphatic heterocycles. The average molecular weight is 368 g/mol. The van der Waals surface area contributed by atoms with Gasteiger partial charge < -0.3 is 5.32 Å². The highest BCUT2D eigenvalue weighted by molar-refractivity contribution is 9.10. The van der Waals surface area contributed by atoms with Gasteiger partial charge in [0.1, 0.15) is 11.6 Å². The predicted octanol–water partition coefficient (Wildman–Crippen LogP) is 3.67. The summed E-state index contributed by atoms with van der Waals surface area (Å²) in [4.78, 5) is 2.10. The first-order valence-corrected chi connectivity index (χ1v) is 7.13. The van der Waals surface area contributed by atoms with Gasteiger partial charge in [-0.3, -0.25) is 4.90 Å². The quantitative estimate of drug-likeness (QED) is 0.645. The number of halogens is 4. The highest BCUT2D eigenvalue weighted by atomic mass is 79.9. The van der Waals surface area contributed by atoms with Gasteiger partial charge in [0.05, 0.1) is 4.47 Å². The molecule has 1 heterocycles. The maximum Gasteiger partial charge on any atom is 0.145 e. The van der Waals surface area contributed by atoms with E-state index in [-0.39, 0.29) is 24.0 Å². The van der Waals surface area contributed by atoms with E-state index < -0.39 is 11.6 Å². The molecule has 0 bridgehead atoms. The fourth-order valence-corrected chi connectivity index (χ4v) is 2.80. The summed E-state index contributed by atoms with van der Waals surface area (Å²) in [5.41, 5.74) is 0.135. The van der Waals surface area contributed by atoms with Crippen LogP contribution in [0.4, 0.5) is 8.78 Å². The Morgan fingerprint density at radius 3 is 2.60 bits per heavy atom. The van der Waals surface area contributed by atoms with Crippen molar-refractivity contribution in [2.24, 2.45) is 0 Å². The lowest BCUT2D eigenvalue weighted by Gasteiger charge is -2.35. The molecule has 2 nitrogen and oxygen atoms in total. The minimum atomic E-state index is -0.509. The van der Waals surface area contributed by atoms with Gasteiger partial charge in [-0.05, 0) is 34.5 Å². The van der Waals surface area contributed by atoms with Crippen LogP contribution in [0, 0.1) is 11.6 Å². The Balaban J connectivity index is 0.00000200. The zero-order valence-electron chi connectivity index (χ0n) is 11.0. The molecule has 1 aliphatic rings. The van der Waals surface area contributed by atoms with E-state index in [1.165, 1.54) is 12.1 Å². The van der Waals surface area contributed by atoms with E-state index in [4.69, 9.17) is 0 Å². The van der Waals surface area contributed by atoms with E-state index in [1.807, 2.05) is 0 Å². The molecule has 20 heavy (non-hydrogen) atoms. The van der Waals surface area contributed by atoms with Gasteiger partial charge in [-0.2, -0.15) is 0 Å². The van der Waals surface area contributed by atoms with Crippen LogP contribution in [0.25, 0.3) is 0 Å². The first-order chi connectivity index (χ1) is 9.15. The number of benzene rings is 1. The van der Waals surface area contributed by atoms with Crippen molar-refractivity contribution in [3.8, 4) is 0 Å². The van der Waals surface area contributed by atoms with Crippen LogP contribution in [0.15, 0.2) is 29.3 Å². The fraction of sp³-hybridized carbons (Fsp3) is 0.429. The summed E-state index contributed by atoms with van der Waals surface area (Å²) in [7, 11) is 0. The molecule has 0 saturated carbocycles. The van der Waals surface area contributed by atoms with Crippen LogP contribution in [0.5, 0.6) is 0 Å². The van der Waals surface area contributed by atoms with Gasteiger partial charge in [-0.1, -0.05) is 6.08 Å². The second kappa shape index (κ2) is 8.08. The van der Waals surface area contributed by atoms with Crippen molar-refractivity contribution in [2.45, 2.75) is 12.5 Å². The Morgan fingerprint density at radius 2 is 2.00 bits per heavy atom. The third kappa shape index (κ3) is 3.79. The number of piperazine rings is 1. The molecule has 0 amide bonds. The molecule has 112 valence electrons. The van der Waals surface area contributed by atoms with Crippen molar-refractivity contribution in [1.82, 2.24) is 10.2 Å². The molecule has 0 unspecified atom stereocenters. The Bertz CT molecular complexity index is 465. The first kappa shape index (κ1) is 17.6. The van der Waals surface area contributed by atoms with Crippen LogP contribution in [-0.2, 0) is 0 Å². The molecule has 1 saturated heterocycles. The summed E-state index contributed by atoms with van der Waals surface area (Å²) in [5.74, 6) is -1.00. The largest absolute Gasteiger partial charge is 0.314 e. The Morgan fingerprint density at radius 1 is 1.35 bits per heavy atom. The van der Waals surface area contributed by atoms with Crippen molar-refractivity contribution < 1.29 is 8.78 Å². The summed E-state index contributed by atoms with van der Waals surface area (Å²) in [6, 6.07) is 2.41. The molecule has 1 aromatic carbocycles. The highest BCUT2D eigenvalue weighted by Crippen LogP contribution is 2.32. The number of nitrogens with one attached hydrogen (secondary N) is 1. The van der Waals surface area contributed by atoms with E-state index >= 15 is 0 Å². The highest BCUT2D eigenvalue weighted by Gasteiger charge is 2.27. The van der Waals surface area contributed by atoms with Crippen LogP contribution >= 0.6 is 28.3 Å². The minimum Gasteiger partial charge on any atom is -0.314 e. The van der Waals surface area contributed by atoms with Crippen LogP contribution in [0.1, 0.15) is 18.0 Å². The standard InChI is InChI=1S/C14H17BrF2N2.ClH/c1-2-3-12(19-8-6-18-7-9-19)13-11(16)5-4-10(15)14(13)17;/h2,4-5,12,18H,1,3,6-9H2;1H/t12-;/m1./s1. The van der Waals surface area contributed by atoms with E-state index in [9.17, 15) is 8.78 Å². The molecule has 0 spiro atoms. The van der Waals surface area contributed by atoms with Crippen molar-refractivity contribution in [3.05, 3.63) is 46.5 Å². The average Bonchev–Trinajstić information content (AvgIpc) is 2.43. The van der Waals surface area contributed by atoms with Crippen LogP contribution in [0.3, 0.4) is 0 Å². The van der Waals surface area contributed by atoms with Crippen molar-refractivity contribution in [1.29, 1.82) is 0 Å². The molecular weight excluding hydrogens is 350 g/mol. The Kier molecular flexibility index (Phi) is 7.09. The van der Waals surface area contributed by atoms with Gasteiger partial charge in [-0.15, -0.1) is 19.0 Å². The van der Waals surface area contributed by atoms with E-state index in [0.29, 0.717) is 10.9 Å². The molecule has 1 N–H and O–H groups in total. The van der Waals surface area contributed by atoms with Gasteiger partial charge >= 0.3 is 0 Å². The third-order valence-corrected chi connectivity index (χ3v) is 4.01. The van der Waals surface area contributed by atoms with Gasteiger partial charge in [0.2, 0.25) is 0 Å². The second-order valence-electron chi connectivity index (χ2n) is 4.58. The maximum absolute atomic E-state index is 14.2. The zero-order chi connectivity index (χ0) is 13.8. The topological polar surface area (TPSA) is 15.3 Å².